The van der Waals surface area contributed by atoms with Gasteiger partial charge in [-0.3, -0.25) is 0 Å². The SMILES string of the molecule is CCOC(=O)C=CC(CCCc1ccc(Sc2cccc(OCc3ccccc3)c2)cc1Cl)(CO[Si](C)(C)C(C)(C)C)NC(=O)OC(C)(C)C. The molecule has 0 aliphatic rings. The molecule has 0 fully saturated rings. The highest BCUT2D eigenvalue weighted by Crippen LogP contribution is 2.38. The van der Waals surface area contributed by atoms with Crippen LogP contribution in [-0.4, -0.2) is 44.7 Å². The Kier molecular flexibility index (Phi) is 15.1. The van der Waals surface area contributed by atoms with E-state index in [-0.39, 0.29) is 18.3 Å². The molecule has 0 bridgehead atoms. The number of amides is 1. The monoisotopic (exact) mass is 739 g/mol. The lowest BCUT2D eigenvalue weighted by atomic mass is 9.91. The highest BCUT2D eigenvalue weighted by atomic mass is 35.5. The Morgan fingerprint density at radius 1 is 0.920 bits per heavy atom. The second-order valence-corrected chi connectivity index (χ2v) is 21.2. The molecule has 3 aromatic carbocycles. The number of rotatable bonds is 16. The summed E-state index contributed by atoms with van der Waals surface area (Å²) in [5.41, 5.74) is 0.372. The number of esters is 1. The maximum atomic E-state index is 13.2. The molecule has 0 saturated heterocycles. The van der Waals surface area contributed by atoms with Gasteiger partial charge >= 0.3 is 12.1 Å². The first kappa shape index (κ1) is 41.2. The molecule has 0 spiro atoms. The topological polar surface area (TPSA) is 83.1 Å². The first-order chi connectivity index (χ1) is 23.4. The summed E-state index contributed by atoms with van der Waals surface area (Å²) in [6.07, 6.45) is 4.25. The van der Waals surface area contributed by atoms with Gasteiger partial charge in [0.25, 0.3) is 0 Å². The van der Waals surface area contributed by atoms with Gasteiger partial charge in [-0.25, -0.2) is 9.59 Å². The average Bonchev–Trinajstić information content (AvgIpc) is 3.02. The zero-order chi connectivity index (χ0) is 37.0. The summed E-state index contributed by atoms with van der Waals surface area (Å²) in [4.78, 5) is 27.7. The summed E-state index contributed by atoms with van der Waals surface area (Å²) < 4.78 is 23.5. The van der Waals surface area contributed by atoms with E-state index in [2.05, 4.69) is 51.3 Å². The molecule has 3 aromatic rings. The van der Waals surface area contributed by atoms with Crippen molar-refractivity contribution in [2.45, 2.75) is 113 Å². The Morgan fingerprint density at radius 3 is 2.26 bits per heavy atom. The number of hydrogen-bond acceptors (Lipinski definition) is 7. The van der Waals surface area contributed by atoms with Crippen LogP contribution < -0.4 is 10.1 Å². The van der Waals surface area contributed by atoms with Gasteiger partial charge in [0, 0.05) is 20.9 Å². The van der Waals surface area contributed by atoms with Crippen molar-refractivity contribution in [2.75, 3.05) is 13.2 Å². The number of nitrogens with one attached hydrogen (secondary N) is 1. The Morgan fingerprint density at radius 2 is 1.62 bits per heavy atom. The van der Waals surface area contributed by atoms with Crippen LogP contribution in [0.15, 0.2) is 94.7 Å². The zero-order valence-corrected chi connectivity index (χ0v) is 33.6. The van der Waals surface area contributed by atoms with Crippen LogP contribution in [0.1, 0.15) is 72.4 Å². The number of aryl methyl sites for hydroxylation is 1. The number of alkyl carbamates (subject to hydrolysis) is 1. The third kappa shape index (κ3) is 13.8. The molecule has 1 unspecified atom stereocenters. The van der Waals surface area contributed by atoms with E-state index in [4.69, 9.17) is 30.2 Å². The van der Waals surface area contributed by atoms with Gasteiger partial charge in [0.15, 0.2) is 8.32 Å². The van der Waals surface area contributed by atoms with Crippen molar-refractivity contribution >= 4 is 43.7 Å². The molecule has 0 heterocycles. The molecule has 0 aliphatic carbocycles. The van der Waals surface area contributed by atoms with Crippen molar-refractivity contribution in [2.24, 2.45) is 0 Å². The van der Waals surface area contributed by atoms with Gasteiger partial charge < -0.3 is 24.0 Å². The molecule has 1 atom stereocenters. The molecule has 7 nitrogen and oxygen atoms in total. The van der Waals surface area contributed by atoms with Crippen molar-refractivity contribution in [3.63, 3.8) is 0 Å². The Hall–Kier alpha value is -3.24. The Bertz CT molecular complexity index is 1580. The summed E-state index contributed by atoms with van der Waals surface area (Å²) in [7, 11) is -2.23. The summed E-state index contributed by atoms with van der Waals surface area (Å²) >= 11 is 8.46. The van der Waals surface area contributed by atoms with Gasteiger partial charge in [0.05, 0.1) is 18.8 Å². The molecule has 0 saturated carbocycles. The summed E-state index contributed by atoms with van der Waals surface area (Å²) in [6, 6.07) is 24.2. The average molecular weight is 740 g/mol. The van der Waals surface area contributed by atoms with E-state index in [1.165, 1.54) is 6.08 Å². The number of carbonyl (C=O) groups excluding carboxylic acids is 2. The fourth-order valence-corrected chi connectivity index (χ4v) is 6.99. The van der Waals surface area contributed by atoms with E-state index >= 15 is 0 Å². The first-order valence-electron chi connectivity index (χ1n) is 17.1. The lowest BCUT2D eigenvalue weighted by Crippen LogP contribution is -2.55. The molecule has 50 heavy (non-hydrogen) atoms. The number of benzene rings is 3. The summed E-state index contributed by atoms with van der Waals surface area (Å²) in [5.74, 6) is 0.319. The van der Waals surface area contributed by atoms with E-state index in [1.807, 2.05) is 81.4 Å². The molecule has 10 heteroatoms. The third-order valence-corrected chi connectivity index (χ3v) is 14.3. The van der Waals surface area contributed by atoms with Crippen LogP contribution in [0.3, 0.4) is 0 Å². The minimum Gasteiger partial charge on any atom is -0.489 e. The molecule has 272 valence electrons. The van der Waals surface area contributed by atoms with Crippen LogP contribution in [0.5, 0.6) is 5.75 Å². The zero-order valence-electron chi connectivity index (χ0n) is 31.1. The second kappa shape index (κ2) is 18.3. The van der Waals surface area contributed by atoms with Crippen LogP contribution in [0, 0.1) is 0 Å². The van der Waals surface area contributed by atoms with E-state index in [0.717, 1.165) is 26.7 Å². The highest BCUT2D eigenvalue weighted by molar-refractivity contribution is 7.99. The van der Waals surface area contributed by atoms with Gasteiger partial charge in [0.2, 0.25) is 0 Å². The maximum absolute atomic E-state index is 13.2. The van der Waals surface area contributed by atoms with Crippen LogP contribution >= 0.6 is 23.4 Å². The molecule has 3 rings (SSSR count). The van der Waals surface area contributed by atoms with Crippen molar-refractivity contribution in [1.29, 1.82) is 0 Å². The van der Waals surface area contributed by atoms with Gasteiger partial charge in [-0.2, -0.15) is 0 Å². The third-order valence-electron chi connectivity index (χ3n) is 8.45. The number of hydrogen-bond donors (Lipinski definition) is 1. The number of halogens is 1. The molecule has 1 amide bonds. The van der Waals surface area contributed by atoms with E-state index in [0.29, 0.717) is 30.9 Å². The maximum Gasteiger partial charge on any atom is 0.408 e. The van der Waals surface area contributed by atoms with Crippen LogP contribution in [-0.2, 0) is 31.7 Å². The van der Waals surface area contributed by atoms with Gasteiger partial charge in [0.1, 0.15) is 18.0 Å². The standard InChI is InChI=1S/C40H54ClNO6SSi/c1-10-45-36(43)23-25-40(42-37(44)48-38(2,3)4,29-47-50(8,9)39(5,6)7)24-15-18-31-21-22-34(27-35(31)41)49-33-20-14-19-32(26-33)46-28-30-16-12-11-13-17-30/h11-14,16-17,19-23,25-27H,10,15,18,24,28-29H2,1-9H3,(H,42,44). The van der Waals surface area contributed by atoms with Gasteiger partial charge in [-0.15, -0.1) is 0 Å². The van der Waals surface area contributed by atoms with Crippen LogP contribution in [0.25, 0.3) is 0 Å². The van der Waals surface area contributed by atoms with Crippen molar-refractivity contribution in [1.82, 2.24) is 5.32 Å². The molecule has 1 N–H and O–H groups in total. The molecular weight excluding hydrogens is 686 g/mol. The second-order valence-electron chi connectivity index (χ2n) is 14.9. The highest BCUT2D eigenvalue weighted by Gasteiger charge is 2.41. The normalized spacial score (nSPS) is 13.5. The fourth-order valence-electron chi connectivity index (χ4n) is 4.69. The number of ether oxygens (including phenoxy) is 3. The predicted molar refractivity (Wildman–Crippen MR) is 207 cm³/mol. The largest absolute Gasteiger partial charge is 0.489 e. The van der Waals surface area contributed by atoms with Gasteiger partial charge in [-0.1, -0.05) is 86.6 Å². The molecule has 0 radical (unpaired) electrons. The lowest BCUT2D eigenvalue weighted by Gasteiger charge is -2.41. The van der Waals surface area contributed by atoms with Gasteiger partial charge in [-0.05, 0) is 113 Å². The van der Waals surface area contributed by atoms with Crippen LogP contribution in [0.2, 0.25) is 23.2 Å². The molecular formula is C40H54ClNO6SSi. The van der Waals surface area contributed by atoms with Crippen LogP contribution in [0.4, 0.5) is 4.79 Å². The summed E-state index contributed by atoms with van der Waals surface area (Å²) in [6.45, 7) is 18.9. The van der Waals surface area contributed by atoms with Crippen molar-refractivity contribution in [3.8, 4) is 5.75 Å². The smallest absolute Gasteiger partial charge is 0.408 e. The molecule has 0 aromatic heterocycles. The Balaban J connectivity index is 1.77. The van der Waals surface area contributed by atoms with Crippen molar-refractivity contribution in [3.05, 3.63) is 101 Å². The fraction of sp³-hybridized carbons (Fsp3) is 0.450. The predicted octanol–water partition coefficient (Wildman–Crippen LogP) is 10.8. The first-order valence-corrected chi connectivity index (χ1v) is 21.2. The van der Waals surface area contributed by atoms with E-state index < -0.39 is 31.5 Å². The molecule has 0 aliphatic heterocycles. The summed E-state index contributed by atoms with van der Waals surface area (Å²) in [5, 5.41) is 3.67. The van der Waals surface area contributed by atoms with E-state index in [1.54, 1.807) is 24.8 Å². The minimum absolute atomic E-state index is 0.0563. The Labute approximate surface area is 309 Å². The number of carbonyl (C=O) groups is 2. The van der Waals surface area contributed by atoms with E-state index in [9.17, 15) is 9.59 Å². The van der Waals surface area contributed by atoms with Crippen molar-refractivity contribution < 1.29 is 28.2 Å². The quantitative estimate of drug-likeness (QED) is 0.0889. The lowest BCUT2D eigenvalue weighted by molar-refractivity contribution is -0.137. The minimum atomic E-state index is -2.23.